The zero-order valence-corrected chi connectivity index (χ0v) is 26.9. The molecule has 0 N–H and O–H groups in total. The number of hydrogen-bond donors (Lipinski definition) is 0. The second-order valence-corrected chi connectivity index (χ2v) is 149. The molecule has 0 heterocycles. The Morgan fingerprint density at radius 2 is 1.75 bits per heavy atom. The zero-order chi connectivity index (χ0) is 15.7. The predicted molar refractivity (Wildman–Crippen MR) is 156 cm³/mol. The molecule has 0 amide bonds. The minimum atomic E-state index is -0.416. The van der Waals surface area contributed by atoms with Crippen molar-refractivity contribution in [2.45, 2.75) is 0 Å². The van der Waals surface area contributed by atoms with E-state index < -0.39 is 5.97 Å². The molecule has 0 aliphatic carbocycles. The van der Waals surface area contributed by atoms with E-state index in [2.05, 4.69) is 103 Å². The molecule has 0 unspecified atom stereocenters. The quantitative estimate of drug-likeness (QED) is 0.172. The zero-order valence-electron chi connectivity index (χ0n) is 9.60. The van der Waals surface area contributed by atoms with Crippen molar-refractivity contribution in [1.82, 2.24) is 0 Å². The Morgan fingerprint density at radius 3 is 2.10 bits per heavy atom. The topological polar surface area (TPSA) is 30.7 Å². The Labute approximate surface area is 181 Å². The molecule has 0 saturated heterocycles. The van der Waals surface area contributed by atoms with Gasteiger partial charge in [-0.25, -0.2) is 9.64 Å². The molecule has 20 heavy (non-hydrogen) atoms. The van der Waals surface area contributed by atoms with Gasteiger partial charge in [-0.1, -0.05) is 18.2 Å². The van der Waals surface area contributed by atoms with E-state index in [0.29, 0.717) is 11.3 Å². The van der Waals surface area contributed by atoms with Gasteiger partial charge in [-0.05, 0) is 6.07 Å². The molecule has 3 nitrogen and oxygen atoms in total. The van der Waals surface area contributed by atoms with Gasteiger partial charge in [0, 0.05) is 5.56 Å². The molecule has 0 fully saturated rings. The number of benzene rings is 1. The summed E-state index contributed by atoms with van der Waals surface area (Å²) >= 11 is 13.7. The van der Waals surface area contributed by atoms with Gasteiger partial charge >= 0.3 is 123 Å². The molecule has 0 radical (unpaired) electrons. The van der Waals surface area contributed by atoms with Crippen LogP contribution in [0.15, 0.2) is 24.3 Å². The van der Waals surface area contributed by atoms with Crippen molar-refractivity contribution < 1.29 is 9.53 Å². The Hall–Kier alpha value is 4.02. The summed E-state index contributed by atoms with van der Waals surface area (Å²) in [4.78, 5) is 14.1. The van der Waals surface area contributed by atoms with Crippen LogP contribution >= 0.6 is 117 Å². The van der Waals surface area contributed by atoms with Gasteiger partial charge in [0.1, 0.15) is 0 Å². The maximum atomic E-state index is 11.0. The number of halogens is 8. The van der Waals surface area contributed by atoms with Gasteiger partial charge in [-0.2, -0.15) is 0 Å². The van der Waals surface area contributed by atoms with Crippen molar-refractivity contribution in [2.24, 2.45) is 0 Å². The van der Waals surface area contributed by atoms with Crippen LogP contribution in [0.4, 0.5) is 5.69 Å². The molecular weight excluding hydrogens is 1170 g/mol. The minimum absolute atomic E-state index is 0.275. The van der Waals surface area contributed by atoms with Crippen LogP contribution in [0.1, 0.15) is 10.4 Å². The largest absolute Gasteiger partial charge is 0.465 e. The standard InChI is InChI=1S/C9H7NO2.I8/c1-10-8-5-3-4-7(6-8)9(11)12-2;1-6(2)8(5)7(3)4/h3-6H,2H3;. The van der Waals surface area contributed by atoms with E-state index in [1.54, 1.807) is 18.2 Å². The summed E-state index contributed by atoms with van der Waals surface area (Å²) in [7, 11) is 0.370. The number of rotatable bonds is 3. The summed E-state index contributed by atoms with van der Waals surface area (Å²) in [5, 5.41) is 0. The molecule has 1 rings (SSSR count). The number of nitrogens with zero attached hydrogens (tertiary/aromatic N) is 1. The normalized spacial score (nSPS) is 11.3. The Kier molecular flexibility index (Phi) is 17.1. The molecule has 0 spiro atoms. The van der Waals surface area contributed by atoms with Crippen molar-refractivity contribution >= 4 is 128 Å². The first-order chi connectivity index (χ1) is 9.33. The number of hydrogen-bond acceptors (Lipinski definition) is 2. The van der Waals surface area contributed by atoms with E-state index in [4.69, 9.17) is 6.57 Å². The molecule has 0 aromatic heterocycles. The molecule has 0 bridgehead atoms. The average Bonchev–Trinajstić information content (AvgIpc) is 2.45. The predicted octanol–water partition coefficient (Wildman–Crippen LogP) is 9.11. The van der Waals surface area contributed by atoms with Crippen molar-refractivity contribution in [1.29, 1.82) is 0 Å². The summed E-state index contributed by atoms with van der Waals surface area (Å²) in [5.74, 6) is -0.416. The molecule has 1 aromatic carbocycles. The number of carbonyl (C=O) groups is 1. The van der Waals surface area contributed by atoms with Crippen LogP contribution in [0.2, 0.25) is 0 Å². The van der Waals surface area contributed by atoms with Crippen LogP contribution in [0.3, 0.4) is 0 Å². The van der Waals surface area contributed by atoms with Gasteiger partial charge in [0.15, 0.2) is 5.69 Å². The summed E-state index contributed by atoms with van der Waals surface area (Å²) in [5.41, 5.74) is 0.851. The third kappa shape index (κ3) is 10.8. The molecule has 0 saturated carbocycles. The fourth-order valence-corrected chi connectivity index (χ4v) is 420. The van der Waals surface area contributed by atoms with Crippen molar-refractivity contribution in [3.05, 3.63) is 41.2 Å². The molecule has 1 aromatic rings. The second-order valence-electron chi connectivity index (χ2n) is 2.64. The third-order valence-corrected chi connectivity index (χ3v) is 332. The third-order valence-electron chi connectivity index (χ3n) is 1.56. The van der Waals surface area contributed by atoms with Crippen LogP contribution in [0, 0.1) is 6.57 Å². The monoisotopic (exact) mass is 1180 g/mol. The molecule has 116 valence electrons. The molecule has 0 aliphatic rings. The maximum absolute atomic E-state index is 11.0. The molecule has 0 aliphatic heterocycles. The van der Waals surface area contributed by atoms with E-state index in [-0.39, 0.29) is 23.7 Å². The summed E-state index contributed by atoms with van der Waals surface area (Å²) in [6.07, 6.45) is 0. The fraction of sp³-hybridized carbons (Fsp3) is 0.111. The average molecular weight is 1180 g/mol. The van der Waals surface area contributed by atoms with E-state index in [1.807, 2.05) is 0 Å². The van der Waals surface area contributed by atoms with E-state index in [1.165, 1.54) is 13.2 Å². The first-order valence-corrected chi connectivity index (χ1v) is 48.3. The first-order valence-electron chi connectivity index (χ1n) is 4.34. The second kappa shape index (κ2) is 14.2. The minimum Gasteiger partial charge on any atom is -0.465 e. The van der Waals surface area contributed by atoms with Gasteiger partial charge in [-0.15, -0.1) is 0 Å². The van der Waals surface area contributed by atoms with Crippen molar-refractivity contribution in [2.75, 3.05) is 7.11 Å². The Morgan fingerprint density at radius 1 is 1.20 bits per heavy atom. The summed E-state index contributed by atoms with van der Waals surface area (Å²) in [6, 6.07) is 6.40. The van der Waals surface area contributed by atoms with E-state index in [0.717, 1.165) is 0 Å². The molecule has 11 heteroatoms. The van der Waals surface area contributed by atoms with Gasteiger partial charge in [-0.3, -0.25) is 0 Å². The maximum Gasteiger partial charge on any atom is 0.336 e. The van der Waals surface area contributed by atoms with Gasteiger partial charge in [0.05, 0.1) is 13.7 Å². The first kappa shape index (κ1) is 24.0. The molecular formula is C9H7I8NO2. The van der Waals surface area contributed by atoms with Crippen LogP contribution in [-0.4, -0.2) is 13.1 Å². The summed E-state index contributed by atoms with van der Waals surface area (Å²) in [6.45, 7) is 6.71. The summed E-state index contributed by atoms with van der Waals surface area (Å²) < 4.78 is 4.49. The van der Waals surface area contributed by atoms with Crippen LogP contribution in [0.25, 0.3) is 4.85 Å². The van der Waals surface area contributed by atoms with Crippen LogP contribution < -0.4 is 0 Å². The fourth-order valence-electron chi connectivity index (χ4n) is 0.851. The Bertz CT molecular complexity index is 467. The van der Waals surface area contributed by atoms with E-state index >= 15 is 0 Å². The molecule has 0 atom stereocenters. The smallest absolute Gasteiger partial charge is 0.336 e. The number of esters is 1. The van der Waals surface area contributed by atoms with Crippen molar-refractivity contribution in [3.8, 4) is 0 Å². The van der Waals surface area contributed by atoms with Gasteiger partial charge < -0.3 is 4.74 Å². The van der Waals surface area contributed by atoms with Crippen LogP contribution in [0.5, 0.6) is 0 Å². The Balaban J connectivity index is 0.000000396. The number of ether oxygens (including phenoxy) is 1. The van der Waals surface area contributed by atoms with Crippen LogP contribution in [-0.2, 0) is 4.74 Å². The van der Waals surface area contributed by atoms with Gasteiger partial charge in [0.25, 0.3) is 0 Å². The van der Waals surface area contributed by atoms with Gasteiger partial charge in [0.2, 0.25) is 0 Å². The van der Waals surface area contributed by atoms with E-state index in [9.17, 15) is 4.79 Å². The van der Waals surface area contributed by atoms with Crippen molar-refractivity contribution in [3.63, 3.8) is 0 Å². The number of methoxy groups -OCH3 is 1. The number of carbonyl (C=O) groups excluding carboxylic acids is 1. The SMILES string of the molecule is II(I)I(I)I(I)I.[C-]#[N+]c1cccc(C(=O)OC)c1.